The van der Waals surface area contributed by atoms with Gasteiger partial charge in [-0.05, 0) is 0 Å². The van der Waals surface area contributed by atoms with Crippen molar-refractivity contribution in [2.45, 2.75) is 18.6 Å². The molecule has 14 heavy (non-hydrogen) atoms. The molecule has 4 nitrogen and oxygen atoms in total. The van der Waals surface area contributed by atoms with Gasteiger partial charge in [-0.15, -0.1) is 0 Å². The predicted molar refractivity (Wildman–Crippen MR) is 33.1 cm³/mol. The molecule has 0 radical (unpaired) electrons. The number of alkyl halides is 4. The van der Waals surface area contributed by atoms with Crippen molar-refractivity contribution >= 4 is 6.16 Å². The normalized spacial score (nSPS) is 22.4. The van der Waals surface area contributed by atoms with Crippen molar-refractivity contribution in [1.82, 2.24) is 0 Å². The van der Waals surface area contributed by atoms with Gasteiger partial charge in [-0.1, -0.05) is 0 Å². The van der Waals surface area contributed by atoms with E-state index in [9.17, 15) is 22.4 Å². The van der Waals surface area contributed by atoms with Crippen molar-refractivity contribution < 1.29 is 36.6 Å². The first kappa shape index (κ1) is 11.0. The summed E-state index contributed by atoms with van der Waals surface area (Å²) in [5, 5.41) is 0. The number of carbonyl (C=O) groups excluding carboxylic acids is 1. The first-order valence-electron chi connectivity index (χ1n) is 3.53. The van der Waals surface area contributed by atoms with Crippen molar-refractivity contribution in [3.63, 3.8) is 0 Å². The number of cyclic esters (lactones) is 2. The van der Waals surface area contributed by atoms with Crippen LogP contribution in [0, 0.1) is 0 Å². The van der Waals surface area contributed by atoms with E-state index in [2.05, 4.69) is 14.2 Å². The van der Waals surface area contributed by atoms with Gasteiger partial charge in [0.25, 0.3) is 0 Å². The summed E-state index contributed by atoms with van der Waals surface area (Å²) in [4.78, 5) is 10.3. The third-order valence-corrected chi connectivity index (χ3v) is 1.35. The summed E-state index contributed by atoms with van der Waals surface area (Å²) < 4.78 is 60.2. The predicted octanol–water partition coefficient (Wildman–Crippen LogP) is 1.40. The van der Waals surface area contributed by atoms with E-state index in [-0.39, 0.29) is 6.61 Å². The highest BCUT2D eigenvalue weighted by molar-refractivity contribution is 5.61. The van der Waals surface area contributed by atoms with E-state index < -0.39 is 31.4 Å². The molecular formula is C6H6F4O4. The fourth-order valence-electron chi connectivity index (χ4n) is 0.661. The molecule has 1 aliphatic rings. The zero-order valence-corrected chi connectivity index (χ0v) is 6.71. The van der Waals surface area contributed by atoms with Gasteiger partial charge in [0.2, 0.25) is 6.29 Å². The molecule has 1 saturated heterocycles. The smallest absolute Gasteiger partial charge is 0.428 e. The fraction of sp³-hybridized carbons (Fsp3) is 0.833. The van der Waals surface area contributed by atoms with Gasteiger partial charge in [0.15, 0.2) is 6.61 Å². The van der Waals surface area contributed by atoms with Gasteiger partial charge in [0.1, 0.15) is 6.61 Å². The maximum absolute atomic E-state index is 12.2. The second-order valence-corrected chi connectivity index (χ2v) is 2.48. The zero-order valence-electron chi connectivity index (χ0n) is 6.71. The first-order valence-corrected chi connectivity index (χ1v) is 3.53. The molecule has 1 unspecified atom stereocenters. The molecule has 0 aromatic carbocycles. The molecule has 0 spiro atoms. The van der Waals surface area contributed by atoms with Crippen molar-refractivity contribution in [2.75, 3.05) is 13.2 Å². The van der Waals surface area contributed by atoms with Crippen LogP contribution in [0.5, 0.6) is 0 Å². The van der Waals surface area contributed by atoms with Crippen molar-refractivity contribution in [3.8, 4) is 0 Å². The number of rotatable bonds is 4. The number of hydrogen-bond donors (Lipinski definition) is 0. The van der Waals surface area contributed by atoms with Gasteiger partial charge >= 0.3 is 18.5 Å². The lowest BCUT2D eigenvalue weighted by Crippen LogP contribution is -2.34. The summed E-state index contributed by atoms with van der Waals surface area (Å²) in [7, 11) is 0. The standard InChI is InChI=1S/C6H6F4O4/c7-4(8)6(9,10)2-13-3-1-12-5(11)14-3/h3-4H,1-2H2. The number of ether oxygens (including phenoxy) is 3. The van der Waals surface area contributed by atoms with Crippen molar-refractivity contribution in [1.29, 1.82) is 0 Å². The average molecular weight is 218 g/mol. The molecule has 0 saturated carbocycles. The number of halogens is 4. The van der Waals surface area contributed by atoms with Crippen molar-refractivity contribution in [2.24, 2.45) is 0 Å². The van der Waals surface area contributed by atoms with Crippen LogP contribution in [-0.2, 0) is 14.2 Å². The Kier molecular flexibility index (Phi) is 3.14. The molecule has 8 heteroatoms. The van der Waals surface area contributed by atoms with Gasteiger partial charge in [0, 0.05) is 0 Å². The summed E-state index contributed by atoms with van der Waals surface area (Å²) in [5.74, 6) is -4.25. The molecule has 0 aromatic heterocycles. The van der Waals surface area contributed by atoms with Crippen LogP contribution < -0.4 is 0 Å². The topological polar surface area (TPSA) is 44.8 Å². The Balaban J connectivity index is 2.30. The van der Waals surface area contributed by atoms with Crippen LogP contribution >= 0.6 is 0 Å². The Morgan fingerprint density at radius 3 is 2.64 bits per heavy atom. The lowest BCUT2D eigenvalue weighted by Gasteiger charge is -2.16. The van der Waals surface area contributed by atoms with Crippen LogP contribution in [0.1, 0.15) is 0 Å². The molecule has 0 bridgehead atoms. The zero-order chi connectivity index (χ0) is 10.8. The van der Waals surface area contributed by atoms with Crippen LogP contribution in [0.3, 0.4) is 0 Å². The minimum absolute atomic E-state index is 0.377. The summed E-state index contributed by atoms with van der Waals surface area (Å²) in [5.41, 5.74) is 0. The lowest BCUT2D eigenvalue weighted by molar-refractivity contribution is -0.198. The maximum Gasteiger partial charge on any atom is 0.510 e. The van der Waals surface area contributed by atoms with Gasteiger partial charge in [-0.3, -0.25) is 0 Å². The number of hydrogen-bond acceptors (Lipinski definition) is 4. The van der Waals surface area contributed by atoms with Gasteiger partial charge in [-0.2, -0.15) is 8.78 Å². The van der Waals surface area contributed by atoms with E-state index in [4.69, 9.17) is 0 Å². The Morgan fingerprint density at radius 2 is 2.21 bits per heavy atom. The second kappa shape index (κ2) is 3.99. The third kappa shape index (κ3) is 2.72. The molecule has 1 fully saturated rings. The van der Waals surface area contributed by atoms with Gasteiger partial charge in [0.05, 0.1) is 0 Å². The molecule has 1 heterocycles. The fourth-order valence-corrected chi connectivity index (χ4v) is 0.661. The minimum atomic E-state index is -4.25. The monoisotopic (exact) mass is 218 g/mol. The van der Waals surface area contributed by atoms with Crippen LogP contribution in [0.25, 0.3) is 0 Å². The third-order valence-electron chi connectivity index (χ3n) is 1.35. The van der Waals surface area contributed by atoms with Crippen molar-refractivity contribution in [3.05, 3.63) is 0 Å². The molecule has 1 atom stereocenters. The molecule has 0 N–H and O–H groups in total. The van der Waals surface area contributed by atoms with E-state index >= 15 is 0 Å². The summed E-state index contributed by atoms with van der Waals surface area (Å²) in [6.07, 6.45) is -6.23. The minimum Gasteiger partial charge on any atom is -0.428 e. The molecule has 0 amide bonds. The quantitative estimate of drug-likeness (QED) is 0.528. The highest BCUT2D eigenvalue weighted by Gasteiger charge is 2.42. The molecule has 82 valence electrons. The lowest BCUT2D eigenvalue weighted by atomic mass is 10.4. The van der Waals surface area contributed by atoms with E-state index in [0.717, 1.165) is 0 Å². The SMILES string of the molecule is O=C1OCC(OCC(F)(F)C(F)F)O1. The summed E-state index contributed by atoms with van der Waals surface area (Å²) >= 11 is 0. The highest BCUT2D eigenvalue weighted by atomic mass is 19.3. The highest BCUT2D eigenvalue weighted by Crippen LogP contribution is 2.24. The molecular weight excluding hydrogens is 212 g/mol. The van der Waals surface area contributed by atoms with Gasteiger partial charge in [-0.25, -0.2) is 13.6 Å². The summed E-state index contributed by atoms with van der Waals surface area (Å²) in [6.45, 7) is -1.90. The van der Waals surface area contributed by atoms with E-state index in [1.807, 2.05) is 0 Å². The molecule has 0 aromatic rings. The number of carbonyl (C=O) groups is 1. The Labute approximate surface area is 75.7 Å². The first-order chi connectivity index (χ1) is 6.42. The summed E-state index contributed by atoms with van der Waals surface area (Å²) in [6, 6.07) is 0. The van der Waals surface area contributed by atoms with E-state index in [0.29, 0.717) is 0 Å². The second-order valence-electron chi connectivity index (χ2n) is 2.48. The van der Waals surface area contributed by atoms with Crippen LogP contribution in [0.4, 0.5) is 22.4 Å². The van der Waals surface area contributed by atoms with Gasteiger partial charge < -0.3 is 14.2 Å². The molecule has 0 aliphatic carbocycles. The van der Waals surface area contributed by atoms with Crippen LogP contribution in [-0.4, -0.2) is 38.0 Å². The largest absolute Gasteiger partial charge is 0.510 e. The van der Waals surface area contributed by atoms with E-state index in [1.165, 1.54) is 0 Å². The Hall–Kier alpha value is -1.05. The van der Waals surface area contributed by atoms with Crippen LogP contribution in [0.15, 0.2) is 0 Å². The molecule has 1 aliphatic heterocycles. The Morgan fingerprint density at radius 1 is 1.57 bits per heavy atom. The van der Waals surface area contributed by atoms with E-state index in [1.54, 1.807) is 0 Å². The average Bonchev–Trinajstić information content (AvgIpc) is 2.48. The van der Waals surface area contributed by atoms with Crippen LogP contribution in [0.2, 0.25) is 0 Å². The Bertz CT molecular complexity index is 220. The maximum atomic E-state index is 12.2. The molecule has 1 rings (SSSR count).